The molecule has 0 bridgehead atoms. The zero-order valence-electron chi connectivity index (χ0n) is 8.98. The average Bonchev–Trinajstić information content (AvgIpc) is 2.03. The Morgan fingerprint density at radius 3 is 2.38 bits per heavy atom. The summed E-state index contributed by atoms with van der Waals surface area (Å²) >= 11 is 0. The lowest BCUT2D eigenvalue weighted by atomic mass is 10.1. The van der Waals surface area contributed by atoms with Crippen molar-refractivity contribution in [1.82, 2.24) is 5.32 Å². The number of hydrogen-bond donors (Lipinski definition) is 1. The van der Waals surface area contributed by atoms with Crippen molar-refractivity contribution < 1.29 is 4.79 Å². The van der Waals surface area contributed by atoms with Gasteiger partial charge in [0.05, 0.1) is 0 Å². The molecule has 0 rings (SSSR count). The molecule has 0 spiro atoms. The van der Waals surface area contributed by atoms with Crippen molar-refractivity contribution >= 4 is 5.91 Å². The van der Waals surface area contributed by atoms with Crippen LogP contribution < -0.4 is 5.32 Å². The highest BCUT2D eigenvalue weighted by atomic mass is 16.1. The standard InChI is InChI=1S/C11H19NO/c1-9(2)6-5-7-10(3)8-11(13)12-4/h6,8H,5,7H2,1-4H3,(H,12,13)/b10-8+. The molecule has 0 aromatic heterocycles. The van der Waals surface area contributed by atoms with Gasteiger partial charge in [0.25, 0.3) is 0 Å². The zero-order chi connectivity index (χ0) is 10.3. The van der Waals surface area contributed by atoms with Crippen LogP contribution in [0.1, 0.15) is 33.6 Å². The Bertz CT molecular complexity index is 222. The van der Waals surface area contributed by atoms with Crippen molar-refractivity contribution in [2.24, 2.45) is 0 Å². The maximum Gasteiger partial charge on any atom is 0.243 e. The number of allylic oxidation sites excluding steroid dienone is 3. The van der Waals surface area contributed by atoms with Gasteiger partial charge in [-0.1, -0.05) is 17.2 Å². The minimum absolute atomic E-state index is 0.0188. The minimum Gasteiger partial charge on any atom is -0.356 e. The van der Waals surface area contributed by atoms with Crippen LogP contribution in [0.5, 0.6) is 0 Å². The first kappa shape index (κ1) is 11.9. The Morgan fingerprint density at radius 2 is 1.92 bits per heavy atom. The number of carbonyl (C=O) groups is 1. The predicted octanol–water partition coefficient (Wildman–Crippen LogP) is 2.43. The first-order chi connectivity index (χ1) is 6.06. The second-order valence-corrected chi connectivity index (χ2v) is 3.43. The van der Waals surface area contributed by atoms with Crippen LogP contribution in [0.15, 0.2) is 23.3 Å². The van der Waals surface area contributed by atoms with Crippen molar-refractivity contribution in [3.63, 3.8) is 0 Å². The minimum atomic E-state index is -0.0188. The topological polar surface area (TPSA) is 29.1 Å². The van der Waals surface area contributed by atoms with Crippen LogP contribution in [-0.4, -0.2) is 13.0 Å². The summed E-state index contributed by atoms with van der Waals surface area (Å²) in [6.07, 6.45) is 5.81. The van der Waals surface area contributed by atoms with Crippen molar-refractivity contribution in [3.8, 4) is 0 Å². The molecule has 0 fully saturated rings. The molecule has 0 saturated heterocycles. The molecule has 1 N–H and O–H groups in total. The van der Waals surface area contributed by atoms with E-state index in [0.717, 1.165) is 18.4 Å². The molecule has 0 aromatic rings. The van der Waals surface area contributed by atoms with Gasteiger partial charge in [-0.25, -0.2) is 0 Å². The fourth-order valence-electron chi connectivity index (χ4n) is 0.957. The third-order valence-electron chi connectivity index (χ3n) is 1.72. The lowest BCUT2D eigenvalue weighted by Crippen LogP contribution is -2.14. The van der Waals surface area contributed by atoms with Gasteiger partial charge in [0.2, 0.25) is 5.91 Å². The molecule has 0 saturated carbocycles. The van der Waals surface area contributed by atoms with Gasteiger partial charge in [0.15, 0.2) is 0 Å². The van der Waals surface area contributed by atoms with E-state index < -0.39 is 0 Å². The molecule has 2 heteroatoms. The van der Waals surface area contributed by atoms with Crippen molar-refractivity contribution in [1.29, 1.82) is 0 Å². The maximum absolute atomic E-state index is 10.9. The van der Waals surface area contributed by atoms with E-state index in [9.17, 15) is 4.79 Å². The Morgan fingerprint density at radius 1 is 1.31 bits per heavy atom. The number of hydrogen-bond acceptors (Lipinski definition) is 1. The average molecular weight is 181 g/mol. The first-order valence-corrected chi connectivity index (χ1v) is 4.58. The number of amides is 1. The van der Waals surface area contributed by atoms with Gasteiger partial charge in [0, 0.05) is 13.1 Å². The molecule has 0 aromatic carbocycles. The largest absolute Gasteiger partial charge is 0.356 e. The van der Waals surface area contributed by atoms with Crippen molar-refractivity contribution in [2.45, 2.75) is 33.6 Å². The predicted molar refractivity (Wildman–Crippen MR) is 56.5 cm³/mol. The van der Waals surface area contributed by atoms with Gasteiger partial charge >= 0.3 is 0 Å². The maximum atomic E-state index is 10.9. The zero-order valence-corrected chi connectivity index (χ0v) is 8.98. The molecule has 1 amide bonds. The van der Waals surface area contributed by atoms with E-state index in [2.05, 4.69) is 25.2 Å². The molecule has 0 heterocycles. The molecule has 0 radical (unpaired) electrons. The summed E-state index contributed by atoms with van der Waals surface area (Å²) in [5, 5.41) is 2.56. The van der Waals surface area contributed by atoms with Crippen LogP contribution in [0.25, 0.3) is 0 Å². The van der Waals surface area contributed by atoms with Crippen LogP contribution in [-0.2, 0) is 4.79 Å². The second kappa shape index (κ2) is 6.46. The Kier molecular flexibility index (Phi) is 5.94. The lowest BCUT2D eigenvalue weighted by molar-refractivity contribution is -0.116. The number of rotatable bonds is 4. The fraction of sp³-hybridized carbons (Fsp3) is 0.545. The van der Waals surface area contributed by atoms with E-state index in [1.54, 1.807) is 13.1 Å². The van der Waals surface area contributed by atoms with Crippen molar-refractivity contribution in [3.05, 3.63) is 23.3 Å². The Hall–Kier alpha value is -1.05. The quantitative estimate of drug-likeness (QED) is 0.524. The molecule has 13 heavy (non-hydrogen) atoms. The summed E-state index contributed by atoms with van der Waals surface area (Å²) in [5.74, 6) is -0.0188. The summed E-state index contributed by atoms with van der Waals surface area (Å²) in [6, 6.07) is 0. The Labute approximate surface area is 80.7 Å². The van der Waals surface area contributed by atoms with Crippen LogP contribution in [0.2, 0.25) is 0 Å². The van der Waals surface area contributed by atoms with Gasteiger partial charge in [-0.3, -0.25) is 4.79 Å². The van der Waals surface area contributed by atoms with Gasteiger partial charge in [-0.05, 0) is 33.6 Å². The van der Waals surface area contributed by atoms with E-state index in [-0.39, 0.29) is 5.91 Å². The van der Waals surface area contributed by atoms with E-state index in [1.807, 2.05) is 6.92 Å². The number of nitrogens with one attached hydrogen (secondary N) is 1. The smallest absolute Gasteiger partial charge is 0.243 e. The van der Waals surface area contributed by atoms with Crippen LogP contribution in [0, 0.1) is 0 Å². The third-order valence-corrected chi connectivity index (χ3v) is 1.72. The molecule has 0 aliphatic heterocycles. The molecule has 2 nitrogen and oxygen atoms in total. The van der Waals surface area contributed by atoms with Crippen LogP contribution in [0.3, 0.4) is 0 Å². The second-order valence-electron chi connectivity index (χ2n) is 3.43. The van der Waals surface area contributed by atoms with Gasteiger partial charge in [-0.2, -0.15) is 0 Å². The highest BCUT2D eigenvalue weighted by Gasteiger charge is 1.93. The highest BCUT2D eigenvalue weighted by molar-refractivity contribution is 5.87. The van der Waals surface area contributed by atoms with Crippen LogP contribution in [0.4, 0.5) is 0 Å². The van der Waals surface area contributed by atoms with Crippen molar-refractivity contribution in [2.75, 3.05) is 7.05 Å². The van der Waals surface area contributed by atoms with E-state index in [4.69, 9.17) is 0 Å². The molecule has 0 aliphatic carbocycles. The summed E-state index contributed by atoms with van der Waals surface area (Å²) in [6.45, 7) is 6.14. The van der Waals surface area contributed by atoms with E-state index in [0.29, 0.717) is 0 Å². The summed E-state index contributed by atoms with van der Waals surface area (Å²) in [7, 11) is 1.64. The SMILES string of the molecule is CNC(=O)/C=C(\C)CCC=C(C)C. The van der Waals surface area contributed by atoms with Gasteiger partial charge in [0.1, 0.15) is 0 Å². The fourth-order valence-corrected chi connectivity index (χ4v) is 0.957. The molecule has 0 aliphatic rings. The molecule has 74 valence electrons. The summed E-state index contributed by atoms with van der Waals surface area (Å²) in [5.41, 5.74) is 2.45. The van der Waals surface area contributed by atoms with E-state index >= 15 is 0 Å². The normalized spacial score (nSPS) is 10.9. The first-order valence-electron chi connectivity index (χ1n) is 4.58. The molecule has 0 atom stereocenters. The van der Waals surface area contributed by atoms with E-state index in [1.165, 1.54) is 5.57 Å². The molecular weight excluding hydrogens is 162 g/mol. The van der Waals surface area contributed by atoms with Gasteiger partial charge < -0.3 is 5.32 Å². The van der Waals surface area contributed by atoms with Crippen LogP contribution >= 0.6 is 0 Å². The highest BCUT2D eigenvalue weighted by Crippen LogP contribution is 2.05. The lowest BCUT2D eigenvalue weighted by Gasteiger charge is -1.98. The molecular formula is C11H19NO. The molecule has 0 unspecified atom stereocenters. The third kappa shape index (κ3) is 7.32. The summed E-state index contributed by atoms with van der Waals surface area (Å²) in [4.78, 5) is 10.9. The summed E-state index contributed by atoms with van der Waals surface area (Å²) < 4.78 is 0. The monoisotopic (exact) mass is 181 g/mol. The number of carbonyl (C=O) groups excluding carboxylic acids is 1. The number of likely N-dealkylation sites (N-methyl/N-ethyl adjacent to an activating group) is 1. The van der Waals surface area contributed by atoms with Gasteiger partial charge in [-0.15, -0.1) is 0 Å². The Balaban J connectivity index is 3.87.